The van der Waals surface area contributed by atoms with Crippen LogP contribution in [0.4, 0.5) is 5.69 Å². The molecule has 1 aliphatic heterocycles. The zero-order valence-electron chi connectivity index (χ0n) is 18.6. The van der Waals surface area contributed by atoms with Gasteiger partial charge in [0.15, 0.2) is 0 Å². The van der Waals surface area contributed by atoms with E-state index in [0.29, 0.717) is 34.2 Å². The number of nitrogens with one attached hydrogen (secondary N) is 1. The van der Waals surface area contributed by atoms with E-state index in [4.69, 9.17) is 16.3 Å². The van der Waals surface area contributed by atoms with Crippen LogP contribution < -0.4 is 10.1 Å². The number of nitrogens with zero attached hydrogens (tertiary/aromatic N) is 1. The molecule has 4 rings (SSSR count). The first-order valence-electron chi connectivity index (χ1n) is 10.9. The number of anilines is 1. The molecule has 5 nitrogen and oxygen atoms in total. The van der Waals surface area contributed by atoms with Gasteiger partial charge in [-0.25, -0.2) is 0 Å². The molecule has 0 bridgehead atoms. The number of rotatable bonds is 8. The predicted molar refractivity (Wildman–Crippen MR) is 131 cm³/mol. The van der Waals surface area contributed by atoms with E-state index in [1.54, 1.807) is 12.1 Å². The van der Waals surface area contributed by atoms with Gasteiger partial charge in [-0.05, 0) is 48.7 Å². The zero-order valence-corrected chi connectivity index (χ0v) is 19.4. The number of ether oxygens (including phenoxy) is 1. The Morgan fingerprint density at radius 2 is 1.67 bits per heavy atom. The molecule has 0 saturated heterocycles. The molecule has 0 unspecified atom stereocenters. The second kappa shape index (κ2) is 9.92. The quantitative estimate of drug-likeness (QED) is 0.430. The minimum Gasteiger partial charge on any atom is -0.494 e. The second-order valence-corrected chi connectivity index (χ2v) is 8.38. The highest BCUT2D eigenvalue weighted by Gasteiger charge is 2.39. The molecule has 2 amide bonds. The topological polar surface area (TPSA) is 58.6 Å². The van der Waals surface area contributed by atoms with Crippen molar-refractivity contribution >= 4 is 34.7 Å². The second-order valence-electron chi connectivity index (χ2n) is 7.94. The largest absolute Gasteiger partial charge is 0.494 e. The van der Waals surface area contributed by atoms with Crippen LogP contribution in [0.15, 0.2) is 78.5 Å². The summed E-state index contributed by atoms with van der Waals surface area (Å²) in [5, 5.41) is 3.79. The molecule has 0 aromatic heterocycles. The maximum atomic E-state index is 13.4. The fraction of sp³-hybridized carbons (Fsp3) is 0.185. The summed E-state index contributed by atoms with van der Waals surface area (Å²) in [6, 6.07) is 22.1. The first-order chi connectivity index (χ1) is 16.0. The standard InChI is InChI=1S/C27H25ClN2O3/c1-3-15-33-23-6-4-5-22(16-23)29-25-24(20-11-7-18(2)8-12-20)26(31)30(27(25)32)17-19-9-13-21(28)14-10-19/h4-14,16,29H,3,15,17H2,1-2H3. The minimum absolute atomic E-state index is 0.162. The third kappa shape index (κ3) is 5.10. The molecule has 1 heterocycles. The van der Waals surface area contributed by atoms with Crippen LogP contribution in [0, 0.1) is 6.92 Å². The summed E-state index contributed by atoms with van der Waals surface area (Å²) in [4.78, 5) is 28.1. The Balaban J connectivity index is 1.69. The van der Waals surface area contributed by atoms with Crippen LogP contribution in [0.25, 0.3) is 5.57 Å². The van der Waals surface area contributed by atoms with Gasteiger partial charge in [-0.1, -0.05) is 66.6 Å². The summed E-state index contributed by atoms with van der Waals surface area (Å²) in [7, 11) is 0. The molecule has 0 fully saturated rings. The monoisotopic (exact) mass is 460 g/mol. The van der Waals surface area contributed by atoms with Crippen LogP contribution in [0.3, 0.4) is 0 Å². The predicted octanol–water partition coefficient (Wildman–Crippen LogP) is 5.83. The summed E-state index contributed by atoms with van der Waals surface area (Å²) in [5.74, 6) is -0.000719. The lowest BCUT2D eigenvalue weighted by atomic mass is 10.0. The number of carbonyl (C=O) groups excluding carboxylic acids is 2. The van der Waals surface area contributed by atoms with Crippen LogP contribution in [0.1, 0.15) is 30.0 Å². The lowest BCUT2D eigenvalue weighted by Crippen LogP contribution is -2.32. The van der Waals surface area contributed by atoms with Crippen molar-refractivity contribution in [3.05, 3.63) is 100 Å². The van der Waals surface area contributed by atoms with E-state index < -0.39 is 0 Å². The maximum Gasteiger partial charge on any atom is 0.278 e. The molecular weight excluding hydrogens is 436 g/mol. The highest BCUT2D eigenvalue weighted by Crippen LogP contribution is 2.32. The average Bonchev–Trinajstić information content (AvgIpc) is 3.04. The van der Waals surface area contributed by atoms with Gasteiger partial charge in [0.25, 0.3) is 11.8 Å². The van der Waals surface area contributed by atoms with Gasteiger partial charge in [0.2, 0.25) is 0 Å². The van der Waals surface area contributed by atoms with Crippen LogP contribution in [-0.2, 0) is 16.1 Å². The number of hydrogen-bond donors (Lipinski definition) is 1. The SMILES string of the molecule is CCCOc1cccc(NC2=C(c3ccc(C)cc3)C(=O)N(Cc3ccc(Cl)cc3)C2=O)c1. The summed E-state index contributed by atoms with van der Waals surface area (Å²) in [6.07, 6.45) is 0.896. The molecule has 0 radical (unpaired) electrons. The third-order valence-corrected chi connectivity index (χ3v) is 5.59. The Bertz CT molecular complexity index is 1200. The fourth-order valence-corrected chi connectivity index (χ4v) is 3.75. The van der Waals surface area contributed by atoms with Gasteiger partial charge in [0.05, 0.1) is 18.7 Å². The number of halogens is 1. The van der Waals surface area contributed by atoms with Gasteiger partial charge in [0, 0.05) is 16.8 Å². The Morgan fingerprint density at radius 1 is 0.939 bits per heavy atom. The fourth-order valence-electron chi connectivity index (χ4n) is 3.62. The summed E-state index contributed by atoms with van der Waals surface area (Å²) >= 11 is 5.98. The molecular formula is C27H25ClN2O3. The Hall–Kier alpha value is -3.57. The Kier molecular flexibility index (Phi) is 6.80. The number of benzene rings is 3. The first-order valence-corrected chi connectivity index (χ1v) is 11.3. The average molecular weight is 461 g/mol. The number of hydrogen-bond acceptors (Lipinski definition) is 4. The number of aryl methyl sites for hydroxylation is 1. The molecule has 1 aliphatic rings. The molecule has 0 spiro atoms. The molecule has 0 saturated carbocycles. The van der Waals surface area contributed by atoms with Crippen molar-refractivity contribution in [1.82, 2.24) is 4.90 Å². The molecule has 1 N–H and O–H groups in total. The summed E-state index contributed by atoms with van der Waals surface area (Å²) < 4.78 is 5.71. The lowest BCUT2D eigenvalue weighted by Gasteiger charge is -2.15. The number of amides is 2. The molecule has 3 aromatic carbocycles. The number of carbonyl (C=O) groups is 2. The highest BCUT2D eigenvalue weighted by atomic mass is 35.5. The van der Waals surface area contributed by atoms with E-state index in [2.05, 4.69) is 5.32 Å². The molecule has 3 aromatic rings. The molecule has 168 valence electrons. The van der Waals surface area contributed by atoms with Crippen molar-refractivity contribution in [3.63, 3.8) is 0 Å². The van der Waals surface area contributed by atoms with Gasteiger partial charge < -0.3 is 10.1 Å². The summed E-state index contributed by atoms with van der Waals surface area (Å²) in [6.45, 7) is 4.79. The van der Waals surface area contributed by atoms with E-state index in [1.165, 1.54) is 4.90 Å². The third-order valence-electron chi connectivity index (χ3n) is 5.34. The van der Waals surface area contributed by atoms with Gasteiger partial charge in [-0.15, -0.1) is 0 Å². The smallest absolute Gasteiger partial charge is 0.278 e. The van der Waals surface area contributed by atoms with Gasteiger partial charge >= 0.3 is 0 Å². The Labute approximate surface area is 198 Å². The zero-order chi connectivity index (χ0) is 23.4. The van der Waals surface area contributed by atoms with E-state index in [9.17, 15) is 9.59 Å². The molecule has 0 aliphatic carbocycles. The van der Waals surface area contributed by atoms with Gasteiger partial charge in [0.1, 0.15) is 11.4 Å². The van der Waals surface area contributed by atoms with Crippen molar-refractivity contribution in [2.24, 2.45) is 0 Å². The van der Waals surface area contributed by atoms with E-state index in [-0.39, 0.29) is 24.1 Å². The molecule has 0 atom stereocenters. The van der Waals surface area contributed by atoms with Crippen molar-refractivity contribution in [3.8, 4) is 5.75 Å². The van der Waals surface area contributed by atoms with Crippen molar-refractivity contribution in [2.45, 2.75) is 26.8 Å². The van der Waals surface area contributed by atoms with Gasteiger partial charge in [-0.2, -0.15) is 0 Å². The lowest BCUT2D eigenvalue weighted by molar-refractivity contribution is -0.137. The first kappa shape index (κ1) is 22.6. The van der Waals surface area contributed by atoms with E-state index >= 15 is 0 Å². The van der Waals surface area contributed by atoms with Crippen molar-refractivity contribution < 1.29 is 14.3 Å². The number of imide groups is 1. The minimum atomic E-state index is -0.370. The van der Waals surface area contributed by atoms with Crippen LogP contribution in [-0.4, -0.2) is 23.3 Å². The van der Waals surface area contributed by atoms with Crippen LogP contribution in [0.2, 0.25) is 5.02 Å². The van der Waals surface area contributed by atoms with Crippen molar-refractivity contribution in [1.29, 1.82) is 0 Å². The normalized spacial score (nSPS) is 13.6. The summed E-state index contributed by atoms with van der Waals surface area (Å²) in [5.41, 5.74) is 3.88. The Morgan fingerprint density at radius 3 is 2.36 bits per heavy atom. The van der Waals surface area contributed by atoms with E-state index in [0.717, 1.165) is 17.5 Å². The highest BCUT2D eigenvalue weighted by molar-refractivity contribution is 6.36. The molecule has 6 heteroatoms. The van der Waals surface area contributed by atoms with Crippen LogP contribution in [0.5, 0.6) is 5.75 Å². The van der Waals surface area contributed by atoms with Crippen molar-refractivity contribution in [2.75, 3.05) is 11.9 Å². The maximum absolute atomic E-state index is 13.4. The van der Waals surface area contributed by atoms with Gasteiger partial charge in [-0.3, -0.25) is 14.5 Å². The van der Waals surface area contributed by atoms with E-state index in [1.807, 2.05) is 74.5 Å². The molecule has 33 heavy (non-hydrogen) atoms. The van der Waals surface area contributed by atoms with Crippen LogP contribution >= 0.6 is 11.6 Å².